The Morgan fingerprint density at radius 3 is 1.91 bits per heavy atom. The number of benzene rings is 1. The van der Waals surface area contributed by atoms with E-state index in [1.54, 1.807) is 36.9 Å². The van der Waals surface area contributed by atoms with E-state index in [0.29, 0.717) is 12.0 Å². The van der Waals surface area contributed by atoms with Gasteiger partial charge >= 0.3 is 0 Å². The smallest absolute Gasteiger partial charge is 0.251 e. The lowest BCUT2D eigenvalue weighted by atomic mass is 9.96. The summed E-state index contributed by atoms with van der Waals surface area (Å²) in [5.41, 5.74) is 4.02. The van der Waals surface area contributed by atoms with Crippen molar-refractivity contribution in [2.45, 2.75) is 26.3 Å². The van der Waals surface area contributed by atoms with Crippen LogP contribution >= 0.6 is 0 Å². The van der Waals surface area contributed by atoms with Gasteiger partial charge < -0.3 is 10.6 Å². The van der Waals surface area contributed by atoms with Gasteiger partial charge in [0.1, 0.15) is 12.6 Å². The molecule has 0 spiro atoms. The average molecular weight is 428 g/mol. The Kier molecular flexibility index (Phi) is 7.65. The van der Waals surface area contributed by atoms with Crippen molar-refractivity contribution >= 4 is 11.8 Å². The summed E-state index contributed by atoms with van der Waals surface area (Å²) in [6.07, 6.45) is 7.27. The number of nitrogens with zero attached hydrogens (tertiary/aromatic N) is 3. The number of aromatic nitrogens is 2. The number of nitrogens with one attached hydrogen (secondary N) is 2. The summed E-state index contributed by atoms with van der Waals surface area (Å²) in [6, 6.07) is 14.3. The van der Waals surface area contributed by atoms with Crippen molar-refractivity contribution in [2.75, 3.05) is 6.54 Å². The molecule has 0 saturated heterocycles. The van der Waals surface area contributed by atoms with Crippen LogP contribution < -0.4 is 10.6 Å². The molecule has 7 heteroatoms. The fourth-order valence-electron chi connectivity index (χ4n) is 3.38. The zero-order chi connectivity index (χ0) is 22.9. The first-order valence-electron chi connectivity index (χ1n) is 10.4. The highest BCUT2D eigenvalue weighted by Crippen LogP contribution is 2.28. The lowest BCUT2D eigenvalue weighted by molar-refractivity contribution is -0.123. The molecule has 162 valence electrons. The Morgan fingerprint density at radius 2 is 1.44 bits per heavy atom. The van der Waals surface area contributed by atoms with Crippen LogP contribution in [0.3, 0.4) is 0 Å². The predicted molar refractivity (Wildman–Crippen MR) is 122 cm³/mol. The summed E-state index contributed by atoms with van der Waals surface area (Å²) in [6.45, 7) is 3.84. The summed E-state index contributed by atoms with van der Waals surface area (Å²) in [5, 5.41) is 14.1. The van der Waals surface area contributed by atoms with Crippen LogP contribution in [0.1, 0.15) is 30.6 Å². The lowest BCUT2D eigenvalue weighted by Crippen LogP contribution is -2.47. The molecule has 0 aliphatic heterocycles. The molecule has 1 aromatic carbocycles. The Balaban J connectivity index is 1.96. The summed E-state index contributed by atoms with van der Waals surface area (Å²) in [5.74, 6) is -0.536. The van der Waals surface area contributed by atoms with Crippen LogP contribution in [-0.2, 0) is 4.79 Å². The topological polar surface area (TPSA) is 108 Å². The quantitative estimate of drug-likeness (QED) is 0.534. The average Bonchev–Trinajstić information content (AvgIpc) is 2.82. The van der Waals surface area contributed by atoms with Gasteiger partial charge in [0.2, 0.25) is 5.91 Å². The molecule has 2 N–H and O–H groups in total. The van der Waals surface area contributed by atoms with Crippen molar-refractivity contribution in [3.63, 3.8) is 0 Å². The van der Waals surface area contributed by atoms with E-state index in [0.717, 1.165) is 22.3 Å². The molecule has 0 aliphatic carbocycles. The number of carbonyl (C=O) groups is 2. The van der Waals surface area contributed by atoms with Crippen molar-refractivity contribution in [2.24, 2.45) is 5.92 Å². The third-order valence-electron chi connectivity index (χ3n) is 4.89. The van der Waals surface area contributed by atoms with Crippen LogP contribution in [0.15, 0.2) is 67.3 Å². The number of hydrogen-bond acceptors (Lipinski definition) is 5. The summed E-state index contributed by atoms with van der Waals surface area (Å²) < 4.78 is 0. The maximum Gasteiger partial charge on any atom is 0.251 e. The van der Waals surface area contributed by atoms with Crippen molar-refractivity contribution in [3.8, 4) is 28.3 Å². The largest absolute Gasteiger partial charge is 0.341 e. The van der Waals surface area contributed by atoms with Gasteiger partial charge in [0.05, 0.1) is 6.07 Å². The Bertz CT molecular complexity index is 1050. The van der Waals surface area contributed by atoms with Crippen molar-refractivity contribution in [1.29, 1.82) is 5.26 Å². The number of nitriles is 1. The van der Waals surface area contributed by atoms with E-state index in [2.05, 4.69) is 20.6 Å². The fourth-order valence-corrected chi connectivity index (χ4v) is 3.38. The van der Waals surface area contributed by atoms with E-state index in [1.165, 1.54) is 0 Å². The zero-order valence-electron chi connectivity index (χ0n) is 18.1. The molecule has 3 rings (SSSR count). The third-order valence-corrected chi connectivity index (χ3v) is 4.89. The molecular weight excluding hydrogens is 402 g/mol. The van der Waals surface area contributed by atoms with Crippen molar-refractivity contribution < 1.29 is 9.59 Å². The second-order valence-electron chi connectivity index (χ2n) is 7.80. The maximum atomic E-state index is 13.2. The third kappa shape index (κ3) is 5.99. The molecule has 0 unspecified atom stereocenters. The molecule has 0 radical (unpaired) electrons. The van der Waals surface area contributed by atoms with Crippen LogP contribution in [0, 0.1) is 17.2 Å². The zero-order valence-corrected chi connectivity index (χ0v) is 18.1. The van der Waals surface area contributed by atoms with Crippen molar-refractivity contribution in [1.82, 2.24) is 20.6 Å². The monoisotopic (exact) mass is 427 g/mol. The van der Waals surface area contributed by atoms with Crippen LogP contribution in [0.25, 0.3) is 22.3 Å². The second-order valence-corrected chi connectivity index (χ2v) is 7.80. The predicted octanol–water partition coefficient (Wildman–Crippen LogP) is 3.59. The Hall–Kier alpha value is -4.05. The SMILES string of the molecule is CC(C)C[C@H](NC(=O)c1cc(-c2ccncc2)cc(-c2ccncc2)c1)C(=O)NCC#N. The summed E-state index contributed by atoms with van der Waals surface area (Å²) in [7, 11) is 0. The number of hydrogen-bond donors (Lipinski definition) is 2. The van der Waals surface area contributed by atoms with Gasteiger partial charge in [-0.2, -0.15) is 5.26 Å². The first-order chi connectivity index (χ1) is 15.5. The van der Waals surface area contributed by atoms with Crippen LogP contribution in [-0.4, -0.2) is 34.4 Å². The highest BCUT2D eigenvalue weighted by atomic mass is 16.2. The highest BCUT2D eigenvalue weighted by Gasteiger charge is 2.23. The van der Waals surface area contributed by atoms with Crippen LogP contribution in [0.4, 0.5) is 0 Å². The van der Waals surface area contributed by atoms with E-state index >= 15 is 0 Å². The van der Waals surface area contributed by atoms with Gasteiger partial charge in [0.25, 0.3) is 5.91 Å². The lowest BCUT2D eigenvalue weighted by Gasteiger charge is -2.20. The number of rotatable bonds is 8. The van der Waals surface area contributed by atoms with Crippen LogP contribution in [0.2, 0.25) is 0 Å². The summed E-state index contributed by atoms with van der Waals surface area (Å²) >= 11 is 0. The van der Waals surface area contributed by atoms with Gasteiger partial charge in [-0.05, 0) is 77.1 Å². The first kappa shape index (κ1) is 22.6. The highest BCUT2D eigenvalue weighted by molar-refractivity contribution is 5.99. The summed E-state index contributed by atoms with van der Waals surface area (Å²) in [4.78, 5) is 33.8. The Morgan fingerprint density at radius 1 is 0.906 bits per heavy atom. The Labute approximate surface area is 187 Å². The standard InChI is InChI=1S/C25H25N5O2/c1-17(2)13-23(25(32)29-12-7-26)30-24(31)22-15-20(18-3-8-27-9-4-18)14-21(16-22)19-5-10-28-11-6-19/h3-6,8-11,14-17,23H,12-13H2,1-2H3,(H,29,32)(H,30,31)/t23-/m0/s1. The van der Waals surface area contributed by atoms with Gasteiger partial charge in [-0.3, -0.25) is 19.6 Å². The molecule has 2 aromatic heterocycles. The van der Waals surface area contributed by atoms with E-state index in [4.69, 9.17) is 5.26 Å². The number of pyridine rings is 2. The number of amides is 2. The maximum absolute atomic E-state index is 13.2. The minimum Gasteiger partial charge on any atom is -0.341 e. The fraction of sp³-hybridized carbons (Fsp3) is 0.240. The molecule has 0 fully saturated rings. The second kappa shape index (κ2) is 10.8. The van der Waals surface area contributed by atoms with Crippen molar-refractivity contribution in [3.05, 3.63) is 72.8 Å². The molecule has 0 bridgehead atoms. The number of carbonyl (C=O) groups excluding carboxylic acids is 2. The normalized spacial score (nSPS) is 11.4. The van der Waals surface area contributed by atoms with Crippen LogP contribution in [0.5, 0.6) is 0 Å². The van der Waals surface area contributed by atoms with E-state index in [-0.39, 0.29) is 24.3 Å². The first-order valence-corrected chi connectivity index (χ1v) is 10.4. The molecule has 1 atom stereocenters. The van der Waals surface area contributed by atoms with E-state index in [9.17, 15) is 9.59 Å². The molecule has 0 aliphatic rings. The van der Waals surface area contributed by atoms with Gasteiger partial charge in [-0.15, -0.1) is 0 Å². The molecule has 32 heavy (non-hydrogen) atoms. The molecular formula is C25H25N5O2. The van der Waals surface area contributed by atoms with E-state index in [1.807, 2.05) is 50.2 Å². The van der Waals surface area contributed by atoms with Gasteiger partial charge in [-0.1, -0.05) is 13.8 Å². The van der Waals surface area contributed by atoms with Gasteiger partial charge in [0.15, 0.2) is 0 Å². The molecule has 2 amide bonds. The minimum absolute atomic E-state index is 0.104. The molecule has 7 nitrogen and oxygen atoms in total. The van der Waals surface area contributed by atoms with Gasteiger partial charge in [-0.25, -0.2) is 0 Å². The van der Waals surface area contributed by atoms with Gasteiger partial charge in [0, 0.05) is 30.4 Å². The molecule has 0 saturated carbocycles. The molecule has 2 heterocycles. The van der Waals surface area contributed by atoms with E-state index < -0.39 is 6.04 Å². The minimum atomic E-state index is -0.732. The molecule has 3 aromatic rings.